The number of hydrogen-bond acceptors (Lipinski definition) is 4. The SMILES string of the molecule is Cn1cc(-c2nc3n(c2NC(=O)Cc2ccoc2)CCCC3)cn1. The third-order valence-electron chi connectivity index (χ3n) is 4.26. The fourth-order valence-corrected chi connectivity index (χ4v) is 3.11. The van der Waals surface area contributed by atoms with Crippen molar-refractivity contribution in [3.63, 3.8) is 0 Å². The number of nitrogens with one attached hydrogen (secondary N) is 1. The van der Waals surface area contributed by atoms with E-state index in [1.54, 1.807) is 29.5 Å². The molecule has 124 valence electrons. The number of aromatic nitrogens is 4. The molecule has 0 unspecified atom stereocenters. The zero-order chi connectivity index (χ0) is 16.5. The highest BCUT2D eigenvalue weighted by atomic mass is 16.3. The molecule has 0 bridgehead atoms. The lowest BCUT2D eigenvalue weighted by atomic mass is 10.2. The first kappa shape index (κ1) is 14.7. The molecule has 7 heteroatoms. The Hall–Kier alpha value is -2.83. The van der Waals surface area contributed by atoms with E-state index >= 15 is 0 Å². The van der Waals surface area contributed by atoms with Crippen molar-refractivity contribution in [3.8, 4) is 11.3 Å². The van der Waals surface area contributed by atoms with Crippen molar-refractivity contribution in [2.75, 3.05) is 5.32 Å². The predicted octanol–water partition coefficient (Wildman–Crippen LogP) is 2.39. The van der Waals surface area contributed by atoms with Crippen molar-refractivity contribution < 1.29 is 9.21 Å². The first-order valence-corrected chi connectivity index (χ1v) is 8.10. The van der Waals surface area contributed by atoms with E-state index < -0.39 is 0 Å². The van der Waals surface area contributed by atoms with E-state index in [2.05, 4.69) is 15.0 Å². The largest absolute Gasteiger partial charge is 0.472 e. The topological polar surface area (TPSA) is 77.9 Å². The van der Waals surface area contributed by atoms with Crippen LogP contribution in [0, 0.1) is 0 Å². The summed E-state index contributed by atoms with van der Waals surface area (Å²) in [6.07, 6.45) is 10.3. The van der Waals surface area contributed by atoms with E-state index in [9.17, 15) is 4.79 Å². The highest BCUT2D eigenvalue weighted by molar-refractivity contribution is 5.94. The molecule has 0 saturated carbocycles. The molecule has 0 aliphatic carbocycles. The second-order valence-corrected chi connectivity index (χ2v) is 6.09. The second kappa shape index (κ2) is 5.99. The first-order chi connectivity index (χ1) is 11.7. The number of furan rings is 1. The molecule has 0 atom stereocenters. The summed E-state index contributed by atoms with van der Waals surface area (Å²) < 4.78 is 8.89. The number of carbonyl (C=O) groups is 1. The van der Waals surface area contributed by atoms with Crippen LogP contribution in [0.3, 0.4) is 0 Å². The molecule has 3 aromatic heterocycles. The quantitative estimate of drug-likeness (QED) is 0.799. The number of nitrogens with zero attached hydrogens (tertiary/aromatic N) is 4. The molecule has 0 saturated heterocycles. The zero-order valence-electron chi connectivity index (χ0n) is 13.5. The molecule has 0 radical (unpaired) electrons. The van der Waals surface area contributed by atoms with Gasteiger partial charge in [0.25, 0.3) is 0 Å². The van der Waals surface area contributed by atoms with E-state index in [1.807, 2.05) is 13.2 Å². The van der Waals surface area contributed by atoms with Crippen molar-refractivity contribution in [1.82, 2.24) is 19.3 Å². The van der Waals surface area contributed by atoms with Gasteiger partial charge in [0.2, 0.25) is 5.91 Å². The molecule has 0 fully saturated rings. The van der Waals surface area contributed by atoms with Crippen LogP contribution in [0.25, 0.3) is 11.3 Å². The van der Waals surface area contributed by atoms with Crippen molar-refractivity contribution in [2.24, 2.45) is 7.05 Å². The van der Waals surface area contributed by atoms with Crippen molar-refractivity contribution in [3.05, 3.63) is 42.4 Å². The van der Waals surface area contributed by atoms with E-state index in [0.717, 1.165) is 54.3 Å². The predicted molar refractivity (Wildman–Crippen MR) is 88.4 cm³/mol. The molecule has 24 heavy (non-hydrogen) atoms. The summed E-state index contributed by atoms with van der Waals surface area (Å²) in [5, 5.41) is 7.27. The van der Waals surface area contributed by atoms with Gasteiger partial charge in [-0.2, -0.15) is 5.10 Å². The van der Waals surface area contributed by atoms with Gasteiger partial charge >= 0.3 is 0 Å². The van der Waals surface area contributed by atoms with Crippen molar-refractivity contribution >= 4 is 11.7 Å². The Morgan fingerprint density at radius 2 is 2.33 bits per heavy atom. The molecular weight excluding hydrogens is 306 g/mol. The van der Waals surface area contributed by atoms with Gasteiger partial charge < -0.3 is 14.3 Å². The lowest BCUT2D eigenvalue weighted by molar-refractivity contribution is -0.115. The summed E-state index contributed by atoms with van der Waals surface area (Å²) in [7, 11) is 1.87. The maximum Gasteiger partial charge on any atom is 0.230 e. The summed E-state index contributed by atoms with van der Waals surface area (Å²) in [5.41, 5.74) is 2.56. The zero-order valence-corrected chi connectivity index (χ0v) is 13.5. The van der Waals surface area contributed by atoms with Crippen LogP contribution in [0.2, 0.25) is 0 Å². The monoisotopic (exact) mass is 325 g/mol. The Bertz CT molecular complexity index is 860. The number of fused-ring (bicyclic) bond motifs is 1. The number of aryl methyl sites for hydroxylation is 2. The van der Waals surface area contributed by atoms with Crippen LogP contribution < -0.4 is 5.32 Å². The highest BCUT2D eigenvalue weighted by Gasteiger charge is 2.23. The molecule has 1 N–H and O–H groups in total. The summed E-state index contributed by atoms with van der Waals surface area (Å²) in [6, 6.07) is 1.80. The third-order valence-corrected chi connectivity index (χ3v) is 4.26. The number of rotatable bonds is 4. The van der Waals surface area contributed by atoms with Crippen LogP contribution in [-0.4, -0.2) is 25.2 Å². The van der Waals surface area contributed by atoms with Crippen molar-refractivity contribution in [2.45, 2.75) is 32.2 Å². The molecule has 4 rings (SSSR count). The molecule has 7 nitrogen and oxygen atoms in total. The number of carbonyl (C=O) groups excluding carboxylic acids is 1. The molecule has 3 aromatic rings. The third kappa shape index (κ3) is 2.73. The smallest absolute Gasteiger partial charge is 0.230 e. The second-order valence-electron chi connectivity index (χ2n) is 6.09. The molecule has 1 aliphatic rings. The maximum absolute atomic E-state index is 12.4. The van der Waals surface area contributed by atoms with Gasteiger partial charge in [-0.3, -0.25) is 9.48 Å². The Morgan fingerprint density at radius 1 is 1.42 bits per heavy atom. The Morgan fingerprint density at radius 3 is 3.08 bits per heavy atom. The minimum Gasteiger partial charge on any atom is -0.472 e. The molecule has 0 spiro atoms. The van der Waals surface area contributed by atoms with Gasteiger partial charge in [-0.05, 0) is 24.5 Å². The number of hydrogen-bond donors (Lipinski definition) is 1. The lowest BCUT2D eigenvalue weighted by Gasteiger charge is -2.16. The van der Waals surface area contributed by atoms with Crippen LogP contribution in [0.1, 0.15) is 24.2 Å². The standard InChI is InChI=1S/C17H19N5O2/c1-21-10-13(9-18-21)16-17(22-6-3-2-4-14(22)19-16)20-15(23)8-12-5-7-24-11-12/h5,7,9-11H,2-4,6,8H2,1H3,(H,20,23). The minimum atomic E-state index is -0.0742. The maximum atomic E-state index is 12.4. The number of anilines is 1. The molecular formula is C17H19N5O2. The van der Waals surface area contributed by atoms with Crippen molar-refractivity contribution in [1.29, 1.82) is 0 Å². The summed E-state index contributed by atoms with van der Waals surface area (Å²) in [6.45, 7) is 0.879. The Kier molecular flexibility index (Phi) is 3.68. The molecule has 1 amide bonds. The normalized spacial score (nSPS) is 13.7. The average Bonchev–Trinajstić information content (AvgIpc) is 3.28. The Balaban J connectivity index is 1.67. The van der Waals surface area contributed by atoms with E-state index in [-0.39, 0.29) is 12.3 Å². The van der Waals surface area contributed by atoms with Crippen LogP contribution in [-0.2, 0) is 31.2 Å². The minimum absolute atomic E-state index is 0.0742. The van der Waals surface area contributed by atoms with E-state index in [4.69, 9.17) is 9.40 Å². The van der Waals surface area contributed by atoms with Gasteiger partial charge in [-0.25, -0.2) is 4.98 Å². The summed E-state index contributed by atoms with van der Waals surface area (Å²) in [4.78, 5) is 17.2. The van der Waals surface area contributed by atoms with Gasteiger partial charge in [-0.1, -0.05) is 0 Å². The van der Waals surface area contributed by atoms with E-state index in [1.165, 1.54) is 0 Å². The van der Waals surface area contributed by atoms with Crippen LogP contribution >= 0.6 is 0 Å². The van der Waals surface area contributed by atoms with Gasteiger partial charge in [0.05, 0.1) is 25.1 Å². The molecule has 1 aliphatic heterocycles. The summed E-state index contributed by atoms with van der Waals surface area (Å²) in [5.74, 6) is 1.72. The highest BCUT2D eigenvalue weighted by Crippen LogP contribution is 2.31. The lowest BCUT2D eigenvalue weighted by Crippen LogP contribution is -2.19. The van der Waals surface area contributed by atoms with E-state index in [0.29, 0.717) is 0 Å². The van der Waals surface area contributed by atoms with Crippen LogP contribution in [0.4, 0.5) is 5.82 Å². The number of imidazole rings is 1. The van der Waals surface area contributed by atoms with Gasteiger partial charge in [0.1, 0.15) is 17.3 Å². The van der Waals surface area contributed by atoms with Crippen LogP contribution in [0.5, 0.6) is 0 Å². The van der Waals surface area contributed by atoms with Gasteiger partial charge in [0.15, 0.2) is 0 Å². The fourth-order valence-electron chi connectivity index (χ4n) is 3.11. The first-order valence-electron chi connectivity index (χ1n) is 8.10. The van der Waals surface area contributed by atoms with Crippen LogP contribution in [0.15, 0.2) is 35.4 Å². The molecule has 0 aromatic carbocycles. The average molecular weight is 325 g/mol. The fraction of sp³-hybridized carbons (Fsp3) is 0.353. The van der Waals surface area contributed by atoms with Gasteiger partial charge in [-0.15, -0.1) is 0 Å². The number of amides is 1. The molecule has 4 heterocycles. The van der Waals surface area contributed by atoms with Gasteiger partial charge in [0, 0.05) is 31.8 Å². The summed E-state index contributed by atoms with van der Waals surface area (Å²) >= 11 is 0. The Labute approximate surface area is 139 Å².